The summed E-state index contributed by atoms with van der Waals surface area (Å²) in [6, 6.07) is 3.44. The van der Waals surface area contributed by atoms with E-state index in [0.717, 1.165) is 12.8 Å². The SMILES string of the molecule is O=C(O)CC1(NC(=O)Cc2cc(Cl)c3c(c2)OCCO3)CCCC1. The van der Waals surface area contributed by atoms with Gasteiger partial charge >= 0.3 is 5.97 Å². The molecule has 0 atom stereocenters. The monoisotopic (exact) mass is 353 g/mol. The molecule has 7 heteroatoms. The summed E-state index contributed by atoms with van der Waals surface area (Å²) in [4.78, 5) is 23.5. The molecule has 2 aliphatic rings. The Labute approximate surface area is 145 Å². The smallest absolute Gasteiger partial charge is 0.305 e. The van der Waals surface area contributed by atoms with Crippen LogP contribution in [0.15, 0.2) is 12.1 Å². The Balaban J connectivity index is 1.70. The fourth-order valence-electron chi connectivity index (χ4n) is 3.48. The third-order valence-electron chi connectivity index (χ3n) is 4.48. The molecule has 0 aromatic heterocycles. The number of halogens is 1. The average molecular weight is 354 g/mol. The van der Waals surface area contributed by atoms with Gasteiger partial charge in [-0.1, -0.05) is 24.4 Å². The standard InChI is InChI=1S/C17H20ClNO5/c18-12-7-11(8-13-16(12)24-6-5-23-13)9-14(20)19-17(10-15(21)22)3-1-2-4-17/h7-8H,1-6,9-10H2,(H,19,20)(H,21,22). The molecule has 6 nitrogen and oxygen atoms in total. The number of nitrogens with one attached hydrogen (secondary N) is 1. The van der Waals surface area contributed by atoms with Crippen LogP contribution in [0.3, 0.4) is 0 Å². The van der Waals surface area contributed by atoms with E-state index in [1.54, 1.807) is 12.1 Å². The van der Waals surface area contributed by atoms with E-state index < -0.39 is 11.5 Å². The molecule has 1 saturated carbocycles. The zero-order valence-electron chi connectivity index (χ0n) is 13.3. The van der Waals surface area contributed by atoms with Crippen LogP contribution >= 0.6 is 11.6 Å². The number of fused-ring (bicyclic) bond motifs is 1. The van der Waals surface area contributed by atoms with E-state index >= 15 is 0 Å². The molecule has 24 heavy (non-hydrogen) atoms. The van der Waals surface area contributed by atoms with Gasteiger partial charge in [0.05, 0.1) is 23.4 Å². The van der Waals surface area contributed by atoms with Crippen LogP contribution in [0, 0.1) is 0 Å². The predicted octanol–water partition coefficient (Wildman–Crippen LogP) is 2.56. The highest BCUT2D eigenvalue weighted by Crippen LogP contribution is 2.38. The number of amides is 1. The Morgan fingerprint density at radius 1 is 1.21 bits per heavy atom. The minimum atomic E-state index is -0.889. The number of carboxylic acids is 1. The molecule has 130 valence electrons. The second-order valence-corrected chi connectivity index (χ2v) is 6.79. The molecule has 1 aliphatic carbocycles. The number of ether oxygens (including phenoxy) is 2. The van der Waals surface area contributed by atoms with E-state index in [1.165, 1.54) is 0 Å². The molecule has 3 rings (SSSR count). The van der Waals surface area contributed by atoms with E-state index in [2.05, 4.69) is 5.32 Å². The van der Waals surface area contributed by atoms with E-state index in [9.17, 15) is 9.59 Å². The maximum absolute atomic E-state index is 12.4. The highest BCUT2D eigenvalue weighted by atomic mass is 35.5. The zero-order valence-corrected chi connectivity index (χ0v) is 14.0. The molecule has 2 N–H and O–H groups in total. The van der Waals surface area contributed by atoms with Crippen molar-refractivity contribution < 1.29 is 24.2 Å². The van der Waals surface area contributed by atoms with Crippen molar-refractivity contribution in [2.45, 2.75) is 44.1 Å². The molecule has 0 unspecified atom stereocenters. The first-order chi connectivity index (χ1) is 11.5. The van der Waals surface area contributed by atoms with Crippen molar-refractivity contribution in [1.82, 2.24) is 5.32 Å². The Morgan fingerprint density at radius 3 is 2.62 bits per heavy atom. The number of carbonyl (C=O) groups excluding carboxylic acids is 1. The van der Waals surface area contributed by atoms with Crippen LogP contribution in [0.4, 0.5) is 0 Å². The lowest BCUT2D eigenvalue weighted by Gasteiger charge is -2.29. The fraction of sp³-hybridized carbons (Fsp3) is 0.529. The maximum Gasteiger partial charge on any atom is 0.305 e. The highest BCUT2D eigenvalue weighted by Gasteiger charge is 2.37. The molecule has 1 fully saturated rings. The summed E-state index contributed by atoms with van der Waals surface area (Å²) in [5.74, 6) is -0.0478. The van der Waals surface area contributed by atoms with Crippen LogP contribution in [0.25, 0.3) is 0 Å². The van der Waals surface area contributed by atoms with Crippen LogP contribution in [-0.2, 0) is 16.0 Å². The molecular formula is C17H20ClNO5. The summed E-state index contributed by atoms with van der Waals surface area (Å²) in [6.07, 6.45) is 3.35. The van der Waals surface area contributed by atoms with Gasteiger partial charge in [0.2, 0.25) is 5.91 Å². The lowest BCUT2D eigenvalue weighted by atomic mass is 9.92. The van der Waals surface area contributed by atoms with Crippen molar-refractivity contribution in [1.29, 1.82) is 0 Å². The number of aliphatic carboxylic acids is 1. The van der Waals surface area contributed by atoms with Gasteiger partial charge in [0.1, 0.15) is 13.2 Å². The lowest BCUT2D eigenvalue weighted by molar-refractivity contribution is -0.139. The van der Waals surface area contributed by atoms with Gasteiger partial charge in [0.15, 0.2) is 11.5 Å². The Bertz CT molecular complexity index is 655. The van der Waals surface area contributed by atoms with Crippen LogP contribution in [0.5, 0.6) is 11.5 Å². The zero-order chi connectivity index (χ0) is 17.2. The molecule has 1 aliphatic heterocycles. The number of carbonyl (C=O) groups is 2. The molecule has 1 amide bonds. The van der Waals surface area contributed by atoms with E-state index in [4.69, 9.17) is 26.2 Å². The van der Waals surface area contributed by atoms with Gasteiger partial charge < -0.3 is 19.9 Å². The van der Waals surface area contributed by atoms with Crippen molar-refractivity contribution in [3.63, 3.8) is 0 Å². The highest BCUT2D eigenvalue weighted by molar-refractivity contribution is 6.32. The van der Waals surface area contributed by atoms with Crippen LogP contribution < -0.4 is 14.8 Å². The van der Waals surface area contributed by atoms with E-state index in [1.807, 2.05) is 0 Å². The van der Waals surface area contributed by atoms with Crippen molar-refractivity contribution in [3.8, 4) is 11.5 Å². The fourth-order valence-corrected chi connectivity index (χ4v) is 3.77. The minimum Gasteiger partial charge on any atom is -0.486 e. The molecular weight excluding hydrogens is 334 g/mol. The summed E-state index contributed by atoms with van der Waals surface area (Å²) in [7, 11) is 0. The quantitative estimate of drug-likeness (QED) is 0.849. The van der Waals surface area contributed by atoms with E-state index in [0.29, 0.717) is 48.1 Å². The van der Waals surface area contributed by atoms with Gasteiger partial charge in [-0.05, 0) is 30.5 Å². The van der Waals surface area contributed by atoms with Crippen LogP contribution in [0.1, 0.15) is 37.7 Å². The number of hydrogen-bond acceptors (Lipinski definition) is 4. The summed E-state index contributed by atoms with van der Waals surface area (Å²) >= 11 is 6.18. The van der Waals surface area contributed by atoms with E-state index in [-0.39, 0.29) is 18.7 Å². The summed E-state index contributed by atoms with van der Waals surface area (Å²) in [5.41, 5.74) is 0.0887. The van der Waals surface area contributed by atoms with Crippen LogP contribution in [-0.4, -0.2) is 35.7 Å². The Hall–Kier alpha value is -1.95. The molecule has 1 aromatic carbocycles. The van der Waals surface area contributed by atoms with Gasteiger partial charge in [-0.3, -0.25) is 9.59 Å². The normalized spacial score (nSPS) is 18.2. The predicted molar refractivity (Wildman–Crippen MR) is 87.7 cm³/mol. The Morgan fingerprint density at radius 2 is 1.92 bits per heavy atom. The maximum atomic E-state index is 12.4. The van der Waals surface area contributed by atoms with Crippen molar-refractivity contribution >= 4 is 23.5 Å². The van der Waals surface area contributed by atoms with Gasteiger partial charge in [-0.25, -0.2) is 0 Å². The third-order valence-corrected chi connectivity index (χ3v) is 4.76. The van der Waals surface area contributed by atoms with Gasteiger partial charge in [-0.15, -0.1) is 0 Å². The molecule has 1 heterocycles. The van der Waals surface area contributed by atoms with Crippen molar-refractivity contribution in [2.24, 2.45) is 0 Å². The molecule has 0 spiro atoms. The number of carboxylic acid groups (broad SMARTS) is 1. The summed E-state index contributed by atoms with van der Waals surface area (Å²) in [5, 5.41) is 12.5. The van der Waals surface area contributed by atoms with Crippen LogP contribution in [0.2, 0.25) is 5.02 Å². The van der Waals surface area contributed by atoms with Gasteiger partial charge in [-0.2, -0.15) is 0 Å². The summed E-state index contributed by atoms with van der Waals surface area (Å²) < 4.78 is 11.0. The van der Waals surface area contributed by atoms with Crippen molar-refractivity contribution in [3.05, 3.63) is 22.7 Å². The first-order valence-corrected chi connectivity index (χ1v) is 8.46. The lowest BCUT2D eigenvalue weighted by Crippen LogP contribution is -2.48. The first kappa shape index (κ1) is 16.9. The van der Waals surface area contributed by atoms with Crippen molar-refractivity contribution in [2.75, 3.05) is 13.2 Å². The number of hydrogen-bond donors (Lipinski definition) is 2. The van der Waals surface area contributed by atoms with Gasteiger partial charge in [0.25, 0.3) is 0 Å². The first-order valence-electron chi connectivity index (χ1n) is 8.08. The minimum absolute atomic E-state index is 0.0410. The van der Waals surface area contributed by atoms with Gasteiger partial charge in [0, 0.05) is 0 Å². The largest absolute Gasteiger partial charge is 0.486 e. The molecule has 0 bridgehead atoms. The molecule has 0 saturated heterocycles. The number of benzene rings is 1. The topological polar surface area (TPSA) is 84.9 Å². The Kier molecular flexibility index (Phi) is 4.85. The summed E-state index contributed by atoms with van der Waals surface area (Å²) in [6.45, 7) is 0.894. The third kappa shape index (κ3) is 3.75. The second kappa shape index (κ2) is 6.89. The molecule has 1 aromatic rings. The number of rotatable bonds is 5. The average Bonchev–Trinajstić information content (AvgIpc) is 2.94. The second-order valence-electron chi connectivity index (χ2n) is 6.38. The molecule has 0 radical (unpaired) electrons.